The van der Waals surface area contributed by atoms with Gasteiger partial charge in [-0.05, 0) is 31.0 Å². The van der Waals surface area contributed by atoms with Gasteiger partial charge >= 0.3 is 0 Å². The van der Waals surface area contributed by atoms with Crippen molar-refractivity contribution in [3.63, 3.8) is 0 Å². The van der Waals surface area contributed by atoms with Gasteiger partial charge in [-0.25, -0.2) is 0 Å². The molecule has 2 nitrogen and oxygen atoms in total. The van der Waals surface area contributed by atoms with Crippen molar-refractivity contribution in [3.8, 4) is 0 Å². The molecule has 2 N–H and O–H groups in total. The Morgan fingerprint density at radius 3 is 2.56 bits per heavy atom. The summed E-state index contributed by atoms with van der Waals surface area (Å²) in [5.74, 6) is 0. The molecule has 1 unspecified atom stereocenters. The molecule has 2 atom stereocenters. The fourth-order valence-electron chi connectivity index (χ4n) is 1.60. The van der Waals surface area contributed by atoms with Crippen LogP contribution in [-0.2, 0) is 0 Å². The van der Waals surface area contributed by atoms with Crippen LogP contribution < -0.4 is 5.32 Å². The van der Waals surface area contributed by atoms with Crippen molar-refractivity contribution in [2.45, 2.75) is 32.4 Å². The van der Waals surface area contributed by atoms with Gasteiger partial charge in [0.25, 0.3) is 0 Å². The van der Waals surface area contributed by atoms with Crippen molar-refractivity contribution in [1.29, 1.82) is 0 Å². The number of rotatable bonds is 5. The molecule has 0 fully saturated rings. The summed E-state index contributed by atoms with van der Waals surface area (Å²) in [6, 6.07) is 6.52. The highest BCUT2D eigenvalue weighted by Crippen LogP contribution is 2.27. The Kier molecular flexibility index (Phi) is 5.97. The standard InChI is InChI=1S/C12H17Br2NO/c1-3-10(7-16)15-8(2)11-5-4-9(13)6-12(11)14/h4-6,8,10,15-16H,3,7H2,1-2H3/t8?,10-/m1/s1. The van der Waals surface area contributed by atoms with Crippen molar-refractivity contribution >= 4 is 31.9 Å². The van der Waals surface area contributed by atoms with Crippen molar-refractivity contribution in [2.24, 2.45) is 0 Å². The SMILES string of the molecule is CC[C@H](CO)NC(C)c1ccc(Br)cc1Br. The molecule has 1 rings (SSSR count). The van der Waals surface area contributed by atoms with Gasteiger partial charge in [0.15, 0.2) is 0 Å². The largest absolute Gasteiger partial charge is 0.395 e. The van der Waals surface area contributed by atoms with Gasteiger partial charge in [-0.1, -0.05) is 44.8 Å². The lowest BCUT2D eigenvalue weighted by Crippen LogP contribution is -2.34. The third-order valence-electron chi connectivity index (χ3n) is 2.63. The molecule has 90 valence electrons. The van der Waals surface area contributed by atoms with E-state index in [1.54, 1.807) is 0 Å². The summed E-state index contributed by atoms with van der Waals surface area (Å²) in [6.45, 7) is 4.35. The van der Waals surface area contributed by atoms with E-state index in [2.05, 4.69) is 57.1 Å². The van der Waals surface area contributed by atoms with E-state index >= 15 is 0 Å². The van der Waals surface area contributed by atoms with Crippen molar-refractivity contribution in [3.05, 3.63) is 32.7 Å². The van der Waals surface area contributed by atoms with Gasteiger partial charge in [0.2, 0.25) is 0 Å². The maximum Gasteiger partial charge on any atom is 0.0584 e. The summed E-state index contributed by atoms with van der Waals surface area (Å²) in [5.41, 5.74) is 1.20. The number of nitrogens with one attached hydrogen (secondary N) is 1. The van der Waals surface area contributed by atoms with Crippen LogP contribution in [0.5, 0.6) is 0 Å². The van der Waals surface area contributed by atoms with E-state index in [1.807, 2.05) is 12.1 Å². The minimum absolute atomic E-state index is 0.158. The lowest BCUT2D eigenvalue weighted by atomic mass is 10.1. The number of aliphatic hydroxyl groups is 1. The number of aliphatic hydroxyl groups excluding tert-OH is 1. The van der Waals surface area contributed by atoms with Gasteiger partial charge in [-0.2, -0.15) is 0 Å². The van der Waals surface area contributed by atoms with Crippen LogP contribution in [0.15, 0.2) is 27.1 Å². The van der Waals surface area contributed by atoms with E-state index in [0.29, 0.717) is 0 Å². The first-order chi connectivity index (χ1) is 7.58. The number of halogens is 2. The highest BCUT2D eigenvalue weighted by molar-refractivity contribution is 9.11. The normalized spacial score (nSPS) is 14.8. The molecule has 0 heterocycles. The van der Waals surface area contributed by atoms with Gasteiger partial charge < -0.3 is 10.4 Å². The molecular weight excluding hydrogens is 334 g/mol. The lowest BCUT2D eigenvalue weighted by molar-refractivity contribution is 0.230. The Labute approximate surface area is 114 Å². The number of benzene rings is 1. The van der Waals surface area contributed by atoms with E-state index in [0.717, 1.165) is 15.4 Å². The van der Waals surface area contributed by atoms with E-state index in [-0.39, 0.29) is 18.7 Å². The van der Waals surface area contributed by atoms with Gasteiger partial charge in [-0.15, -0.1) is 0 Å². The minimum Gasteiger partial charge on any atom is -0.395 e. The second kappa shape index (κ2) is 6.74. The van der Waals surface area contributed by atoms with Crippen LogP contribution in [0, 0.1) is 0 Å². The molecule has 0 aliphatic rings. The zero-order valence-corrected chi connectivity index (χ0v) is 12.7. The lowest BCUT2D eigenvalue weighted by Gasteiger charge is -2.21. The highest BCUT2D eigenvalue weighted by atomic mass is 79.9. The number of hydrogen-bond donors (Lipinski definition) is 2. The quantitative estimate of drug-likeness (QED) is 0.849. The predicted molar refractivity (Wildman–Crippen MR) is 74.6 cm³/mol. The maximum atomic E-state index is 9.15. The summed E-state index contributed by atoms with van der Waals surface area (Å²) in [7, 11) is 0. The Morgan fingerprint density at radius 2 is 2.06 bits per heavy atom. The molecule has 0 aliphatic carbocycles. The predicted octanol–water partition coefficient (Wildman–Crippen LogP) is 3.63. The van der Waals surface area contributed by atoms with Crippen LogP contribution in [0.25, 0.3) is 0 Å². The Bertz CT molecular complexity index is 340. The first-order valence-electron chi connectivity index (χ1n) is 5.40. The third-order valence-corrected chi connectivity index (χ3v) is 3.81. The van der Waals surface area contributed by atoms with Gasteiger partial charge in [0.05, 0.1) is 6.61 Å². The van der Waals surface area contributed by atoms with Crippen LogP contribution in [-0.4, -0.2) is 17.8 Å². The summed E-state index contributed by atoms with van der Waals surface area (Å²) in [6.07, 6.45) is 0.926. The summed E-state index contributed by atoms with van der Waals surface area (Å²) >= 11 is 6.98. The molecular formula is C12H17Br2NO. The molecule has 0 bridgehead atoms. The smallest absolute Gasteiger partial charge is 0.0584 e. The topological polar surface area (TPSA) is 32.3 Å². The first-order valence-corrected chi connectivity index (χ1v) is 6.99. The molecule has 16 heavy (non-hydrogen) atoms. The van der Waals surface area contributed by atoms with Crippen LogP contribution in [0.3, 0.4) is 0 Å². The average molecular weight is 351 g/mol. The monoisotopic (exact) mass is 349 g/mol. The van der Waals surface area contributed by atoms with Crippen molar-refractivity contribution < 1.29 is 5.11 Å². The highest BCUT2D eigenvalue weighted by Gasteiger charge is 2.13. The average Bonchev–Trinajstić information content (AvgIpc) is 2.25. The molecule has 0 radical (unpaired) electrons. The van der Waals surface area contributed by atoms with E-state index in [4.69, 9.17) is 5.11 Å². The molecule has 0 spiro atoms. The zero-order chi connectivity index (χ0) is 12.1. The first kappa shape index (κ1) is 14.2. The van der Waals surface area contributed by atoms with Gasteiger partial charge in [-0.3, -0.25) is 0 Å². The van der Waals surface area contributed by atoms with Crippen LogP contribution >= 0.6 is 31.9 Å². The molecule has 1 aromatic rings. The fraction of sp³-hybridized carbons (Fsp3) is 0.500. The molecule has 4 heteroatoms. The van der Waals surface area contributed by atoms with Crippen LogP contribution in [0.1, 0.15) is 31.9 Å². The van der Waals surface area contributed by atoms with E-state index in [1.165, 1.54) is 5.56 Å². The fourth-order valence-corrected chi connectivity index (χ4v) is 2.99. The molecule has 1 aromatic carbocycles. The molecule has 0 saturated heterocycles. The Balaban J connectivity index is 2.76. The second-order valence-electron chi connectivity index (χ2n) is 3.84. The minimum atomic E-state index is 0.158. The van der Waals surface area contributed by atoms with Crippen LogP contribution in [0.2, 0.25) is 0 Å². The van der Waals surface area contributed by atoms with Gasteiger partial charge in [0.1, 0.15) is 0 Å². The molecule has 0 amide bonds. The summed E-state index contributed by atoms with van der Waals surface area (Å²) in [4.78, 5) is 0. The third kappa shape index (κ3) is 3.84. The van der Waals surface area contributed by atoms with Gasteiger partial charge in [0, 0.05) is 21.0 Å². The van der Waals surface area contributed by atoms with E-state index in [9.17, 15) is 0 Å². The molecule has 0 saturated carbocycles. The number of hydrogen-bond acceptors (Lipinski definition) is 2. The maximum absolute atomic E-state index is 9.15. The molecule has 0 aliphatic heterocycles. The van der Waals surface area contributed by atoms with Crippen molar-refractivity contribution in [1.82, 2.24) is 5.32 Å². The zero-order valence-electron chi connectivity index (χ0n) is 9.50. The Morgan fingerprint density at radius 1 is 1.38 bits per heavy atom. The van der Waals surface area contributed by atoms with E-state index < -0.39 is 0 Å². The summed E-state index contributed by atoms with van der Waals surface area (Å²) in [5, 5.41) is 12.6. The Hall–Kier alpha value is 0.1000. The molecule has 0 aromatic heterocycles. The van der Waals surface area contributed by atoms with Crippen molar-refractivity contribution in [2.75, 3.05) is 6.61 Å². The second-order valence-corrected chi connectivity index (χ2v) is 5.61. The van der Waals surface area contributed by atoms with Crippen LogP contribution in [0.4, 0.5) is 0 Å². The summed E-state index contributed by atoms with van der Waals surface area (Å²) < 4.78 is 2.14.